The van der Waals surface area contributed by atoms with E-state index in [9.17, 15) is 0 Å². The Kier molecular flexibility index (Phi) is 7.29. The zero-order valence-electron chi connectivity index (χ0n) is 12.2. The Balaban J connectivity index is 0.00000200. The fourth-order valence-electron chi connectivity index (χ4n) is 2.04. The minimum absolute atomic E-state index is 0. The Bertz CT molecular complexity index is 418. The van der Waals surface area contributed by atoms with Crippen molar-refractivity contribution in [1.29, 1.82) is 0 Å². The van der Waals surface area contributed by atoms with Crippen molar-refractivity contribution in [3.05, 3.63) is 35.9 Å². The van der Waals surface area contributed by atoms with Crippen LogP contribution < -0.4 is 10.6 Å². The molecule has 1 aliphatic heterocycles. The highest BCUT2D eigenvalue weighted by molar-refractivity contribution is 14.0. The molecule has 0 bridgehead atoms. The van der Waals surface area contributed by atoms with E-state index >= 15 is 0 Å². The second-order valence-electron chi connectivity index (χ2n) is 5.39. The second-order valence-corrected chi connectivity index (χ2v) is 5.39. The highest BCUT2D eigenvalue weighted by Gasteiger charge is 2.33. The molecule has 4 nitrogen and oxygen atoms in total. The van der Waals surface area contributed by atoms with Crippen LogP contribution >= 0.6 is 24.0 Å². The molecule has 0 unspecified atom stereocenters. The third kappa shape index (κ3) is 5.28. The molecule has 2 N–H and O–H groups in total. The Morgan fingerprint density at radius 2 is 1.95 bits per heavy atom. The summed E-state index contributed by atoms with van der Waals surface area (Å²) in [6.07, 6.45) is 1.00. The summed E-state index contributed by atoms with van der Waals surface area (Å²) in [5, 5.41) is 6.69. The van der Waals surface area contributed by atoms with E-state index in [1.54, 1.807) is 7.05 Å². The van der Waals surface area contributed by atoms with Gasteiger partial charge in [-0.25, -0.2) is 0 Å². The largest absolute Gasteiger partial charge is 0.380 e. The fourth-order valence-corrected chi connectivity index (χ4v) is 2.04. The molecule has 1 fully saturated rings. The Hall–Kier alpha value is -0.820. The molecule has 1 aromatic rings. The summed E-state index contributed by atoms with van der Waals surface area (Å²) in [6.45, 7) is 5.68. The molecule has 0 radical (unpaired) electrons. The first kappa shape index (κ1) is 17.2. The maximum Gasteiger partial charge on any atom is 0.191 e. The molecule has 1 heterocycles. The van der Waals surface area contributed by atoms with E-state index in [1.165, 1.54) is 5.56 Å². The molecule has 0 saturated carbocycles. The van der Waals surface area contributed by atoms with Crippen LogP contribution in [0.5, 0.6) is 0 Å². The van der Waals surface area contributed by atoms with Crippen LogP contribution in [0.2, 0.25) is 0 Å². The van der Waals surface area contributed by atoms with Crippen molar-refractivity contribution in [1.82, 2.24) is 10.6 Å². The average molecular weight is 389 g/mol. The first-order valence-corrected chi connectivity index (χ1v) is 6.78. The normalized spacial score (nSPS) is 16.8. The zero-order valence-corrected chi connectivity index (χ0v) is 14.5. The van der Waals surface area contributed by atoms with Gasteiger partial charge in [-0.15, -0.1) is 24.0 Å². The predicted molar refractivity (Wildman–Crippen MR) is 93.9 cm³/mol. The van der Waals surface area contributed by atoms with Gasteiger partial charge in [-0.1, -0.05) is 37.3 Å². The van der Waals surface area contributed by atoms with Crippen molar-refractivity contribution in [2.45, 2.75) is 13.3 Å². The maximum atomic E-state index is 5.24. The number of halogens is 1. The van der Waals surface area contributed by atoms with Crippen molar-refractivity contribution >= 4 is 29.9 Å². The van der Waals surface area contributed by atoms with Crippen LogP contribution in [0.25, 0.3) is 0 Å². The molecule has 0 amide bonds. The number of benzene rings is 1. The number of hydrogen-bond acceptors (Lipinski definition) is 2. The van der Waals surface area contributed by atoms with Crippen LogP contribution in [0, 0.1) is 5.41 Å². The predicted octanol–water partition coefficient (Wildman–Crippen LogP) is 2.05. The van der Waals surface area contributed by atoms with E-state index in [-0.39, 0.29) is 29.4 Å². The number of guanidine groups is 1. The van der Waals surface area contributed by atoms with Gasteiger partial charge >= 0.3 is 0 Å². The zero-order chi connectivity index (χ0) is 13.6. The van der Waals surface area contributed by atoms with Gasteiger partial charge in [0.2, 0.25) is 0 Å². The molecule has 0 aromatic heterocycles. The molecule has 1 saturated heterocycles. The van der Waals surface area contributed by atoms with E-state index in [0.717, 1.165) is 38.7 Å². The second kappa shape index (κ2) is 8.46. The van der Waals surface area contributed by atoms with Gasteiger partial charge < -0.3 is 15.4 Å². The summed E-state index contributed by atoms with van der Waals surface area (Å²) in [7, 11) is 1.80. The fraction of sp³-hybridized carbons (Fsp3) is 0.533. The Morgan fingerprint density at radius 1 is 1.25 bits per heavy atom. The van der Waals surface area contributed by atoms with Crippen molar-refractivity contribution in [2.75, 3.05) is 33.4 Å². The van der Waals surface area contributed by atoms with Crippen LogP contribution in [-0.2, 0) is 11.2 Å². The lowest BCUT2D eigenvalue weighted by molar-refractivity contribution is -0.0971. The van der Waals surface area contributed by atoms with Crippen molar-refractivity contribution in [2.24, 2.45) is 10.4 Å². The van der Waals surface area contributed by atoms with E-state index in [0.29, 0.717) is 0 Å². The van der Waals surface area contributed by atoms with E-state index in [4.69, 9.17) is 4.74 Å². The van der Waals surface area contributed by atoms with E-state index < -0.39 is 0 Å². The molecule has 1 aliphatic rings. The van der Waals surface area contributed by atoms with E-state index in [1.807, 2.05) is 6.07 Å². The summed E-state index contributed by atoms with van der Waals surface area (Å²) >= 11 is 0. The number of rotatable bonds is 5. The highest BCUT2D eigenvalue weighted by atomic mass is 127. The van der Waals surface area contributed by atoms with Gasteiger partial charge in [-0.3, -0.25) is 4.99 Å². The first-order valence-electron chi connectivity index (χ1n) is 6.78. The van der Waals surface area contributed by atoms with Crippen LogP contribution in [0.15, 0.2) is 35.3 Å². The third-order valence-electron chi connectivity index (χ3n) is 3.36. The summed E-state index contributed by atoms with van der Waals surface area (Å²) < 4.78 is 5.24. The molecule has 20 heavy (non-hydrogen) atoms. The van der Waals surface area contributed by atoms with Crippen molar-refractivity contribution in [3.8, 4) is 0 Å². The summed E-state index contributed by atoms with van der Waals surface area (Å²) in [4.78, 5) is 4.23. The molecule has 2 rings (SSSR count). The smallest absolute Gasteiger partial charge is 0.191 e. The number of nitrogens with one attached hydrogen (secondary N) is 2. The van der Waals surface area contributed by atoms with Gasteiger partial charge in [0.1, 0.15) is 0 Å². The van der Waals surface area contributed by atoms with Gasteiger partial charge in [0, 0.05) is 25.6 Å². The van der Waals surface area contributed by atoms with Crippen molar-refractivity contribution in [3.63, 3.8) is 0 Å². The highest BCUT2D eigenvalue weighted by Crippen LogP contribution is 2.24. The summed E-state index contributed by atoms with van der Waals surface area (Å²) in [6, 6.07) is 10.5. The Morgan fingerprint density at radius 3 is 2.50 bits per heavy atom. The molecule has 0 spiro atoms. The molecule has 5 heteroatoms. The summed E-state index contributed by atoms with van der Waals surface area (Å²) in [5.41, 5.74) is 1.60. The van der Waals surface area contributed by atoms with Gasteiger partial charge in [0.15, 0.2) is 5.96 Å². The summed E-state index contributed by atoms with van der Waals surface area (Å²) in [5.74, 6) is 0.865. The molecular weight excluding hydrogens is 365 g/mol. The number of hydrogen-bond donors (Lipinski definition) is 2. The standard InChI is InChI=1S/C15H23N3O.HI/c1-15(11-19-12-15)10-18-14(16-2)17-9-8-13-6-4-3-5-7-13;/h3-7H,8-12H2,1-2H3,(H2,16,17,18);1H. The minimum atomic E-state index is 0. The van der Waals surface area contributed by atoms with Gasteiger partial charge in [0.05, 0.1) is 13.2 Å². The SMILES string of the molecule is CN=C(NCCc1ccccc1)NCC1(C)COC1.I. The van der Waals surface area contributed by atoms with Crippen molar-refractivity contribution < 1.29 is 4.74 Å². The molecular formula is C15H24IN3O. The van der Waals surface area contributed by atoms with Crippen LogP contribution in [0.1, 0.15) is 12.5 Å². The van der Waals surface area contributed by atoms with Crippen LogP contribution in [0.4, 0.5) is 0 Å². The topological polar surface area (TPSA) is 45.7 Å². The first-order chi connectivity index (χ1) is 9.22. The van der Waals surface area contributed by atoms with E-state index in [2.05, 4.69) is 46.8 Å². The Labute approximate surface area is 138 Å². The van der Waals surface area contributed by atoms with Crippen LogP contribution in [0.3, 0.4) is 0 Å². The molecule has 0 aliphatic carbocycles. The number of aliphatic imine (C=N–C) groups is 1. The minimum Gasteiger partial charge on any atom is -0.380 e. The van der Waals surface area contributed by atoms with Gasteiger partial charge in [-0.05, 0) is 12.0 Å². The monoisotopic (exact) mass is 389 g/mol. The lowest BCUT2D eigenvalue weighted by Gasteiger charge is -2.38. The molecule has 112 valence electrons. The van der Waals surface area contributed by atoms with Crippen LogP contribution in [-0.4, -0.2) is 39.3 Å². The quantitative estimate of drug-likeness (QED) is 0.461. The molecule has 1 aromatic carbocycles. The maximum absolute atomic E-state index is 5.24. The van der Waals surface area contributed by atoms with Gasteiger partial charge in [-0.2, -0.15) is 0 Å². The third-order valence-corrected chi connectivity index (χ3v) is 3.36. The molecule has 0 atom stereocenters. The number of ether oxygens (including phenoxy) is 1. The number of nitrogens with zero attached hydrogens (tertiary/aromatic N) is 1. The lowest BCUT2D eigenvalue weighted by atomic mass is 9.89. The lowest BCUT2D eigenvalue weighted by Crippen LogP contribution is -2.51. The van der Waals surface area contributed by atoms with Gasteiger partial charge in [0.25, 0.3) is 0 Å². The average Bonchev–Trinajstić information content (AvgIpc) is 2.41.